The number of halogens is 1. The fourth-order valence-corrected chi connectivity index (χ4v) is 2.55. The van der Waals surface area contributed by atoms with Gasteiger partial charge in [0.05, 0.1) is 13.2 Å². The van der Waals surface area contributed by atoms with E-state index in [9.17, 15) is 0 Å². The van der Waals surface area contributed by atoms with E-state index in [-0.39, 0.29) is 0 Å². The number of nitrogens with one attached hydrogen (secondary N) is 1. The van der Waals surface area contributed by atoms with Crippen molar-refractivity contribution in [1.82, 2.24) is 9.78 Å². The van der Waals surface area contributed by atoms with Gasteiger partial charge in [0, 0.05) is 10.6 Å². The van der Waals surface area contributed by atoms with Gasteiger partial charge in [-0.05, 0) is 30.4 Å². The minimum Gasteiger partial charge on any atom is -0.409 e. The van der Waals surface area contributed by atoms with Crippen LogP contribution in [0, 0.1) is 4.84 Å². The van der Waals surface area contributed by atoms with Crippen molar-refractivity contribution >= 4 is 23.8 Å². The lowest BCUT2D eigenvalue weighted by Crippen LogP contribution is -3.13. The summed E-state index contributed by atoms with van der Waals surface area (Å²) in [5.41, 5.74) is 0.833. The van der Waals surface area contributed by atoms with Gasteiger partial charge in [0.15, 0.2) is 6.67 Å². The molecule has 1 aromatic heterocycles. The monoisotopic (exact) mass is 312 g/mol. The van der Waals surface area contributed by atoms with Crippen LogP contribution in [0.2, 0.25) is 5.02 Å². The maximum Gasteiger partial charge on any atom is 0.292 e. The van der Waals surface area contributed by atoms with Gasteiger partial charge >= 0.3 is 0 Å². The van der Waals surface area contributed by atoms with E-state index in [4.69, 9.17) is 33.0 Å². The van der Waals surface area contributed by atoms with Crippen LogP contribution in [0.1, 0.15) is 0 Å². The number of ether oxygens (including phenoxy) is 1. The van der Waals surface area contributed by atoms with Crippen LogP contribution < -0.4 is 4.90 Å². The smallest absolute Gasteiger partial charge is 0.292 e. The molecule has 5 nitrogen and oxygen atoms in total. The average Bonchev–Trinajstić information content (AvgIpc) is 2.81. The lowest BCUT2D eigenvalue weighted by molar-refractivity contribution is -0.931. The Morgan fingerprint density at radius 3 is 2.90 bits per heavy atom. The van der Waals surface area contributed by atoms with E-state index >= 15 is 0 Å². The van der Waals surface area contributed by atoms with Gasteiger partial charge in [0.2, 0.25) is 5.89 Å². The first-order chi connectivity index (χ1) is 9.72. The summed E-state index contributed by atoms with van der Waals surface area (Å²) in [5.74, 6) is 0.505. The highest BCUT2D eigenvalue weighted by atomic mass is 35.5. The van der Waals surface area contributed by atoms with Crippen molar-refractivity contribution in [2.45, 2.75) is 6.67 Å². The Balaban J connectivity index is 1.81. The Morgan fingerprint density at radius 1 is 1.35 bits per heavy atom. The third-order valence-electron chi connectivity index (χ3n) is 3.25. The van der Waals surface area contributed by atoms with Crippen LogP contribution in [0.5, 0.6) is 0 Å². The molecule has 1 N–H and O–H groups in total. The van der Waals surface area contributed by atoms with Gasteiger partial charge in [-0.1, -0.05) is 17.7 Å². The molecule has 106 valence electrons. The molecule has 2 heterocycles. The highest BCUT2D eigenvalue weighted by Gasteiger charge is 2.17. The zero-order chi connectivity index (χ0) is 13.9. The van der Waals surface area contributed by atoms with Crippen LogP contribution in [0.3, 0.4) is 0 Å². The molecule has 0 spiro atoms. The molecule has 0 aliphatic carbocycles. The van der Waals surface area contributed by atoms with E-state index in [1.165, 1.54) is 4.90 Å². The molecule has 1 aliphatic rings. The van der Waals surface area contributed by atoms with E-state index in [0.717, 1.165) is 31.9 Å². The van der Waals surface area contributed by atoms with E-state index in [2.05, 4.69) is 5.10 Å². The van der Waals surface area contributed by atoms with Crippen LogP contribution in [-0.4, -0.2) is 36.1 Å². The van der Waals surface area contributed by atoms with Crippen LogP contribution in [0.15, 0.2) is 28.7 Å². The lowest BCUT2D eigenvalue weighted by atomic mass is 10.2. The fraction of sp³-hybridized carbons (Fsp3) is 0.385. The normalized spacial score (nSPS) is 16.4. The Kier molecular flexibility index (Phi) is 4.16. The number of hydrogen-bond acceptors (Lipinski definition) is 4. The molecule has 1 saturated heterocycles. The number of hydrogen-bond donors (Lipinski definition) is 1. The Bertz CT molecular complexity index is 649. The van der Waals surface area contributed by atoms with E-state index in [0.29, 0.717) is 22.4 Å². The topological polar surface area (TPSA) is 44.6 Å². The summed E-state index contributed by atoms with van der Waals surface area (Å²) in [5, 5.41) is 5.09. The molecule has 0 amide bonds. The van der Waals surface area contributed by atoms with Gasteiger partial charge in [-0.25, -0.2) is 0 Å². The van der Waals surface area contributed by atoms with E-state index in [1.54, 1.807) is 4.68 Å². The quantitative estimate of drug-likeness (QED) is 0.870. The summed E-state index contributed by atoms with van der Waals surface area (Å²) in [6.07, 6.45) is 0. The van der Waals surface area contributed by atoms with Crippen LogP contribution in [0.4, 0.5) is 0 Å². The molecule has 0 unspecified atom stereocenters. The first-order valence-corrected chi connectivity index (χ1v) is 7.26. The number of rotatable bonds is 3. The first-order valence-electron chi connectivity index (χ1n) is 6.47. The third-order valence-corrected chi connectivity index (χ3v) is 3.78. The molecule has 0 bridgehead atoms. The standard InChI is InChI=1S/C13H14ClN3O2S/c14-11-3-1-2-10(8-11)12-15-17(13(20)19-12)9-16-4-6-18-7-5-16/h1-3,8H,4-7,9H2/p+1. The summed E-state index contributed by atoms with van der Waals surface area (Å²) in [7, 11) is 0. The summed E-state index contributed by atoms with van der Waals surface area (Å²) in [6.45, 7) is 4.18. The number of benzene rings is 1. The van der Waals surface area contributed by atoms with Crippen LogP contribution >= 0.6 is 23.8 Å². The Morgan fingerprint density at radius 2 is 2.15 bits per heavy atom. The third kappa shape index (κ3) is 3.09. The van der Waals surface area contributed by atoms with Crippen molar-refractivity contribution in [3.8, 4) is 11.5 Å². The average molecular weight is 313 g/mol. The Hall–Kier alpha value is -1.21. The summed E-state index contributed by atoms with van der Waals surface area (Å²) in [6, 6.07) is 7.39. The number of aromatic nitrogens is 2. The van der Waals surface area contributed by atoms with Crippen molar-refractivity contribution in [3.63, 3.8) is 0 Å². The van der Waals surface area contributed by atoms with Gasteiger partial charge in [-0.15, -0.1) is 5.10 Å². The van der Waals surface area contributed by atoms with Crippen molar-refractivity contribution < 1.29 is 14.1 Å². The molecule has 0 atom stereocenters. The number of morpholine rings is 1. The first kappa shape index (κ1) is 13.8. The molecule has 0 saturated carbocycles. The number of quaternary nitrogens is 1. The lowest BCUT2D eigenvalue weighted by Gasteiger charge is -2.22. The van der Waals surface area contributed by atoms with Crippen molar-refractivity contribution in [2.24, 2.45) is 0 Å². The summed E-state index contributed by atoms with van der Waals surface area (Å²) >= 11 is 11.2. The summed E-state index contributed by atoms with van der Waals surface area (Å²) in [4.78, 5) is 1.78. The maximum absolute atomic E-state index is 5.98. The predicted octanol–water partition coefficient (Wildman–Crippen LogP) is 1.40. The van der Waals surface area contributed by atoms with Gasteiger partial charge in [-0.3, -0.25) is 0 Å². The molecular formula is C13H15ClN3O2S+. The summed E-state index contributed by atoms with van der Waals surface area (Å²) < 4.78 is 12.6. The zero-order valence-electron chi connectivity index (χ0n) is 10.8. The van der Waals surface area contributed by atoms with E-state index < -0.39 is 0 Å². The minimum absolute atomic E-state index is 0.388. The SMILES string of the molecule is S=c1oc(-c2cccc(Cl)c2)nn1C[NH+]1CCOCC1. The molecule has 1 fully saturated rings. The Labute approximate surface area is 126 Å². The second-order valence-corrected chi connectivity index (χ2v) is 5.49. The second kappa shape index (κ2) is 6.05. The van der Waals surface area contributed by atoms with Gasteiger partial charge in [0.25, 0.3) is 4.84 Å². The van der Waals surface area contributed by atoms with Gasteiger partial charge < -0.3 is 14.1 Å². The molecular weight excluding hydrogens is 298 g/mol. The van der Waals surface area contributed by atoms with Crippen molar-refractivity contribution in [2.75, 3.05) is 26.3 Å². The molecule has 20 heavy (non-hydrogen) atoms. The van der Waals surface area contributed by atoms with Crippen molar-refractivity contribution in [1.29, 1.82) is 0 Å². The molecule has 0 radical (unpaired) electrons. The second-order valence-electron chi connectivity index (χ2n) is 4.70. The maximum atomic E-state index is 5.98. The molecule has 1 aromatic carbocycles. The van der Waals surface area contributed by atoms with E-state index in [1.807, 2.05) is 24.3 Å². The van der Waals surface area contributed by atoms with Gasteiger partial charge in [0.1, 0.15) is 13.1 Å². The van der Waals surface area contributed by atoms with Crippen LogP contribution in [0.25, 0.3) is 11.5 Å². The minimum atomic E-state index is 0.388. The molecule has 2 aromatic rings. The molecule has 1 aliphatic heterocycles. The highest BCUT2D eigenvalue weighted by Crippen LogP contribution is 2.21. The fourth-order valence-electron chi connectivity index (χ4n) is 2.17. The predicted molar refractivity (Wildman–Crippen MR) is 77.3 cm³/mol. The zero-order valence-corrected chi connectivity index (χ0v) is 12.4. The van der Waals surface area contributed by atoms with Crippen LogP contribution in [-0.2, 0) is 11.4 Å². The number of nitrogens with zero attached hydrogens (tertiary/aromatic N) is 2. The molecule has 3 rings (SSSR count). The molecule has 7 heteroatoms. The van der Waals surface area contributed by atoms with Crippen molar-refractivity contribution in [3.05, 3.63) is 34.1 Å². The highest BCUT2D eigenvalue weighted by molar-refractivity contribution is 7.71. The van der Waals surface area contributed by atoms with Gasteiger partial charge in [-0.2, -0.15) is 4.68 Å². The largest absolute Gasteiger partial charge is 0.409 e.